The van der Waals surface area contributed by atoms with Crippen LogP contribution in [0.5, 0.6) is 0 Å². The summed E-state index contributed by atoms with van der Waals surface area (Å²) in [5.74, 6) is 0. The van der Waals surface area contributed by atoms with E-state index in [2.05, 4.69) is 10.4 Å². The van der Waals surface area contributed by atoms with Crippen LogP contribution in [0.4, 0.5) is 13.2 Å². The number of hydrogen-bond donors (Lipinski definition) is 1. The molecule has 0 amide bonds. The summed E-state index contributed by atoms with van der Waals surface area (Å²) in [5, 5.41) is 0. The molecule has 1 N–H and O–H groups in total. The van der Waals surface area contributed by atoms with E-state index in [4.69, 9.17) is 0 Å². The highest BCUT2D eigenvalue weighted by molar-refractivity contribution is 5.36. The molecule has 3 rings (SSSR count). The van der Waals surface area contributed by atoms with Gasteiger partial charge >= 0.3 is 6.18 Å². The van der Waals surface area contributed by atoms with Crippen LogP contribution in [-0.4, -0.2) is 9.66 Å². The maximum atomic E-state index is 13.0. The Morgan fingerprint density at radius 1 is 1.30 bits per heavy atom. The first kappa shape index (κ1) is 13.0. The number of imidazole rings is 1. The number of nitrogens with one attached hydrogen (secondary N) is 1. The van der Waals surface area contributed by atoms with Gasteiger partial charge in [0.1, 0.15) is 6.33 Å². The number of aromatic nitrogens is 2. The van der Waals surface area contributed by atoms with Crippen LogP contribution in [0, 0.1) is 6.92 Å². The van der Waals surface area contributed by atoms with Crippen LogP contribution < -0.4 is 5.43 Å². The number of aryl methyl sites for hydroxylation is 2. The maximum absolute atomic E-state index is 13.0. The number of fused-ring (bicyclic) bond motifs is 1. The Labute approximate surface area is 114 Å². The molecule has 0 spiro atoms. The molecular formula is C14H14F3N3. The van der Waals surface area contributed by atoms with Crippen LogP contribution in [0.1, 0.15) is 35.0 Å². The normalized spacial score (nSPS) is 18.1. The van der Waals surface area contributed by atoms with E-state index in [9.17, 15) is 13.2 Å². The molecule has 0 fully saturated rings. The third kappa shape index (κ3) is 2.15. The van der Waals surface area contributed by atoms with Crippen LogP contribution in [-0.2, 0) is 12.6 Å². The first-order valence-electron chi connectivity index (χ1n) is 6.42. The zero-order chi connectivity index (χ0) is 14.3. The van der Waals surface area contributed by atoms with Crippen molar-refractivity contribution >= 4 is 0 Å². The molecule has 3 nitrogen and oxygen atoms in total. The average molecular weight is 281 g/mol. The van der Waals surface area contributed by atoms with Crippen LogP contribution in [0.2, 0.25) is 0 Å². The molecule has 1 unspecified atom stereocenters. The Morgan fingerprint density at radius 3 is 2.80 bits per heavy atom. The summed E-state index contributed by atoms with van der Waals surface area (Å²) in [5.41, 5.74) is 4.43. The van der Waals surface area contributed by atoms with Crippen LogP contribution >= 0.6 is 0 Å². The number of halogens is 3. The fourth-order valence-electron chi connectivity index (χ4n) is 2.74. The molecule has 2 aromatic rings. The van der Waals surface area contributed by atoms with Gasteiger partial charge in [-0.3, -0.25) is 0 Å². The van der Waals surface area contributed by atoms with Crippen LogP contribution in [0.25, 0.3) is 0 Å². The quantitative estimate of drug-likeness (QED) is 0.913. The first-order valence-corrected chi connectivity index (χ1v) is 6.42. The Hall–Kier alpha value is -1.98. The van der Waals surface area contributed by atoms with Crippen molar-refractivity contribution in [2.75, 3.05) is 5.43 Å². The van der Waals surface area contributed by atoms with Crippen molar-refractivity contribution in [3.63, 3.8) is 0 Å². The molecule has 0 saturated heterocycles. The second-order valence-corrected chi connectivity index (χ2v) is 4.97. The SMILES string of the molecule is Cc1ncn(NC2CCc3ccccc32)c1C(F)(F)F. The van der Waals surface area contributed by atoms with E-state index in [0.29, 0.717) is 0 Å². The molecule has 0 aliphatic heterocycles. The Balaban J connectivity index is 1.91. The van der Waals surface area contributed by atoms with Crippen molar-refractivity contribution in [1.82, 2.24) is 9.66 Å². The summed E-state index contributed by atoms with van der Waals surface area (Å²) in [4.78, 5) is 3.76. The van der Waals surface area contributed by atoms with Crippen LogP contribution in [0.3, 0.4) is 0 Å². The van der Waals surface area contributed by atoms with Crippen LogP contribution in [0.15, 0.2) is 30.6 Å². The second kappa shape index (κ2) is 4.54. The predicted molar refractivity (Wildman–Crippen MR) is 68.8 cm³/mol. The molecule has 1 aliphatic rings. The minimum atomic E-state index is -4.41. The van der Waals surface area contributed by atoms with Gasteiger partial charge < -0.3 is 5.43 Å². The van der Waals surface area contributed by atoms with E-state index in [1.807, 2.05) is 24.3 Å². The number of nitrogens with zero attached hydrogens (tertiary/aromatic N) is 2. The molecule has 0 radical (unpaired) electrons. The van der Waals surface area contributed by atoms with Gasteiger partial charge in [0.2, 0.25) is 0 Å². The molecule has 1 aromatic heterocycles. The minimum Gasteiger partial charge on any atom is -0.317 e. The van der Waals surface area contributed by atoms with Gasteiger partial charge in [0, 0.05) is 0 Å². The molecule has 6 heteroatoms. The highest BCUT2D eigenvalue weighted by atomic mass is 19.4. The number of rotatable bonds is 2. The molecule has 1 aromatic carbocycles. The van der Waals surface area contributed by atoms with E-state index in [-0.39, 0.29) is 11.7 Å². The van der Waals surface area contributed by atoms with Gasteiger partial charge in [0.15, 0.2) is 5.69 Å². The van der Waals surface area contributed by atoms with Gasteiger partial charge in [0.05, 0.1) is 11.7 Å². The monoisotopic (exact) mass is 281 g/mol. The lowest BCUT2D eigenvalue weighted by atomic mass is 10.1. The summed E-state index contributed by atoms with van der Waals surface area (Å²) in [7, 11) is 0. The van der Waals surface area contributed by atoms with E-state index in [1.54, 1.807) is 0 Å². The minimum absolute atomic E-state index is 0.0173. The molecule has 0 saturated carbocycles. The molecule has 1 aliphatic carbocycles. The summed E-state index contributed by atoms with van der Waals surface area (Å²) in [6, 6.07) is 7.71. The maximum Gasteiger partial charge on any atom is 0.435 e. The smallest absolute Gasteiger partial charge is 0.317 e. The molecule has 1 heterocycles. The number of benzene rings is 1. The highest BCUT2D eigenvalue weighted by Gasteiger charge is 2.38. The molecule has 1 atom stereocenters. The van der Waals surface area contributed by atoms with Gasteiger partial charge in [-0.15, -0.1) is 0 Å². The van der Waals surface area contributed by atoms with Crippen molar-refractivity contribution in [2.24, 2.45) is 0 Å². The fourth-order valence-corrected chi connectivity index (χ4v) is 2.74. The van der Waals surface area contributed by atoms with Gasteiger partial charge in [-0.05, 0) is 30.9 Å². The Bertz CT molecular complexity index is 631. The van der Waals surface area contributed by atoms with E-state index < -0.39 is 11.9 Å². The highest BCUT2D eigenvalue weighted by Crippen LogP contribution is 2.34. The van der Waals surface area contributed by atoms with Crippen molar-refractivity contribution in [3.05, 3.63) is 53.1 Å². The second-order valence-electron chi connectivity index (χ2n) is 4.97. The lowest BCUT2D eigenvalue weighted by Gasteiger charge is -2.19. The van der Waals surface area contributed by atoms with E-state index in [0.717, 1.165) is 23.1 Å². The Morgan fingerprint density at radius 2 is 2.05 bits per heavy atom. The van der Waals surface area contributed by atoms with Crippen molar-refractivity contribution < 1.29 is 13.2 Å². The summed E-state index contributed by atoms with van der Waals surface area (Å²) < 4.78 is 40.0. The number of alkyl halides is 3. The first-order chi connectivity index (χ1) is 9.47. The molecule has 0 bridgehead atoms. The summed E-state index contributed by atoms with van der Waals surface area (Å²) >= 11 is 0. The van der Waals surface area contributed by atoms with Gasteiger partial charge in [0.25, 0.3) is 0 Å². The fraction of sp³-hybridized carbons (Fsp3) is 0.357. The third-order valence-corrected chi connectivity index (χ3v) is 3.65. The molecule has 20 heavy (non-hydrogen) atoms. The topological polar surface area (TPSA) is 29.9 Å². The zero-order valence-corrected chi connectivity index (χ0v) is 10.9. The van der Waals surface area contributed by atoms with E-state index >= 15 is 0 Å². The van der Waals surface area contributed by atoms with E-state index in [1.165, 1.54) is 18.8 Å². The average Bonchev–Trinajstić information content (AvgIpc) is 2.94. The van der Waals surface area contributed by atoms with Gasteiger partial charge in [-0.2, -0.15) is 13.2 Å². The predicted octanol–water partition coefficient (Wildman–Crippen LogP) is 3.44. The summed E-state index contributed by atoms with van der Waals surface area (Å²) in [6.45, 7) is 1.36. The van der Waals surface area contributed by atoms with Crippen molar-refractivity contribution in [1.29, 1.82) is 0 Å². The van der Waals surface area contributed by atoms with Gasteiger partial charge in [-0.1, -0.05) is 24.3 Å². The lowest BCUT2D eigenvalue weighted by molar-refractivity contribution is -0.143. The lowest BCUT2D eigenvalue weighted by Crippen LogP contribution is -2.25. The largest absolute Gasteiger partial charge is 0.435 e. The standard InChI is InChI=1S/C14H14F3N3/c1-9-13(14(15,16)17)20(8-18-9)19-12-7-6-10-4-2-3-5-11(10)12/h2-5,8,12,19H,6-7H2,1H3. The summed E-state index contributed by atoms with van der Waals surface area (Å²) in [6.07, 6.45) is -1.55. The Kier molecular flexibility index (Phi) is 2.96. The zero-order valence-electron chi connectivity index (χ0n) is 10.9. The molecule has 106 valence electrons. The third-order valence-electron chi connectivity index (χ3n) is 3.65. The van der Waals surface area contributed by atoms with Crippen molar-refractivity contribution in [2.45, 2.75) is 32.0 Å². The van der Waals surface area contributed by atoms with Gasteiger partial charge in [-0.25, -0.2) is 9.66 Å². The molecular weight excluding hydrogens is 267 g/mol. The number of hydrogen-bond acceptors (Lipinski definition) is 2. The van der Waals surface area contributed by atoms with Crippen molar-refractivity contribution in [3.8, 4) is 0 Å².